The standard InChI is InChI=1S/C20H29N3O2S/c1-11(2)16(17(24)23-19-21-10-12(3)26-19)22-18(25)20-7-13-4-14(8-20)6-15(5-13)9-20/h10-11,13-16H,4-9H2,1-3H3,(H,22,25)(H,21,23,24). The molecule has 6 heteroatoms. The zero-order valence-corrected chi connectivity index (χ0v) is 16.7. The number of aryl methyl sites for hydroxylation is 1. The van der Waals surface area contributed by atoms with E-state index < -0.39 is 6.04 Å². The second-order valence-electron chi connectivity index (χ2n) is 9.16. The fourth-order valence-corrected chi connectivity index (χ4v) is 6.48. The van der Waals surface area contributed by atoms with Crippen molar-refractivity contribution in [3.63, 3.8) is 0 Å². The molecule has 1 aromatic rings. The van der Waals surface area contributed by atoms with Crippen LogP contribution in [0.2, 0.25) is 0 Å². The third kappa shape index (κ3) is 3.28. The Bertz CT molecular complexity index is 676. The van der Waals surface area contributed by atoms with Crippen molar-refractivity contribution in [3.05, 3.63) is 11.1 Å². The molecule has 5 nitrogen and oxygen atoms in total. The van der Waals surface area contributed by atoms with E-state index in [9.17, 15) is 9.59 Å². The van der Waals surface area contributed by atoms with Crippen LogP contribution >= 0.6 is 11.3 Å². The first-order chi connectivity index (χ1) is 12.3. The Morgan fingerprint density at radius 2 is 1.73 bits per heavy atom. The quantitative estimate of drug-likeness (QED) is 0.823. The summed E-state index contributed by atoms with van der Waals surface area (Å²) in [6.07, 6.45) is 8.73. The van der Waals surface area contributed by atoms with Gasteiger partial charge in [-0.05, 0) is 69.1 Å². The van der Waals surface area contributed by atoms with Crippen molar-refractivity contribution in [3.8, 4) is 0 Å². The fraction of sp³-hybridized carbons (Fsp3) is 0.750. The molecule has 4 saturated carbocycles. The van der Waals surface area contributed by atoms with Gasteiger partial charge in [0.25, 0.3) is 0 Å². The molecule has 2 amide bonds. The van der Waals surface area contributed by atoms with Crippen LogP contribution in [0.4, 0.5) is 5.13 Å². The van der Waals surface area contributed by atoms with Crippen molar-refractivity contribution in [2.24, 2.45) is 29.1 Å². The average molecular weight is 376 g/mol. The Hall–Kier alpha value is -1.43. The predicted octanol–water partition coefficient (Wildman–Crippen LogP) is 3.75. The summed E-state index contributed by atoms with van der Waals surface area (Å²) in [7, 11) is 0. The molecule has 4 bridgehead atoms. The third-order valence-electron chi connectivity index (χ3n) is 6.61. The zero-order valence-electron chi connectivity index (χ0n) is 15.9. The molecule has 1 heterocycles. The first-order valence-corrected chi connectivity index (χ1v) is 10.7. The van der Waals surface area contributed by atoms with Crippen LogP contribution in [0.15, 0.2) is 6.20 Å². The number of nitrogens with zero attached hydrogens (tertiary/aromatic N) is 1. The number of hydrogen-bond acceptors (Lipinski definition) is 4. The van der Waals surface area contributed by atoms with Gasteiger partial charge in [0.05, 0.1) is 0 Å². The Balaban J connectivity index is 1.46. The van der Waals surface area contributed by atoms with E-state index in [1.54, 1.807) is 6.20 Å². The number of carbonyl (C=O) groups excluding carboxylic acids is 2. The number of hydrogen-bond donors (Lipinski definition) is 2. The van der Waals surface area contributed by atoms with Crippen molar-refractivity contribution in [1.29, 1.82) is 0 Å². The first kappa shape index (κ1) is 18.0. The number of carbonyl (C=O) groups is 2. The van der Waals surface area contributed by atoms with Gasteiger partial charge in [0.1, 0.15) is 6.04 Å². The van der Waals surface area contributed by atoms with E-state index >= 15 is 0 Å². The molecule has 4 aliphatic carbocycles. The van der Waals surface area contributed by atoms with E-state index in [4.69, 9.17) is 0 Å². The maximum Gasteiger partial charge on any atom is 0.248 e. The molecule has 26 heavy (non-hydrogen) atoms. The van der Waals surface area contributed by atoms with Crippen LogP contribution in [0.25, 0.3) is 0 Å². The normalized spacial score (nSPS) is 33.3. The number of aromatic nitrogens is 1. The molecule has 0 spiro atoms. The fourth-order valence-electron chi connectivity index (χ4n) is 5.81. The lowest BCUT2D eigenvalue weighted by atomic mass is 9.49. The van der Waals surface area contributed by atoms with Crippen molar-refractivity contribution < 1.29 is 9.59 Å². The maximum atomic E-state index is 13.3. The number of anilines is 1. The maximum absolute atomic E-state index is 13.3. The van der Waals surface area contributed by atoms with Gasteiger partial charge in [0, 0.05) is 16.5 Å². The Morgan fingerprint density at radius 3 is 2.19 bits per heavy atom. The van der Waals surface area contributed by atoms with Crippen molar-refractivity contribution in [2.45, 2.75) is 65.3 Å². The predicted molar refractivity (Wildman–Crippen MR) is 103 cm³/mol. The van der Waals surface area contributed by atoms with Crippen LogP contribution in [0.3, 0.4) is 0 Å². The Morgan fingerprint density at radius 1 is 1.15 bits per heavy atom. The monoisotopic (exact) mass is 375 g/mol. The second-order valence-corrected chi connectivity index (χ2v) is 10.4. The molecule has 0 aliphatic heterocycles. The minimum atomic E-state index is -0.514. The van der Waals surface area contributed by atoms with Crippen LogP contribution in [-0.4, -0.2) is 22.8 Å². The van der Waals surface area contributed by atoms with Gasteiger partial charge in [-0.3, -0.25) is 9.59 Å². The first-order valence-electron chi connectivity index (χ1n) is 9.89. The molecule has 4 fully saturated rings. The number of amides is 2. The highest BCUT2D eigenvalue weighted by Crippen LogP contribution is 2.60. The summed E-state index contributed by atoms with van der Waals surface area (Å²) >= 11 is 1.46. The summed E-state index contributed by atoms with van der Waals surface area (Å²) in [6, 6.07) is -0.514. The molecule has 5 rings (SSSR count). The summed E-state index contributed by atoms with van der Waals surface area (Å²) in [5.74, 6) is 2.15. The van der Waals surface area contributed by atoms with E-state index in [0.717, 1.165) is 41.9 Å². The highest BCUT2D eigenvalue weighted by molar-refractivity contribution is 7.15. The molecule has 1 atom stereocenters. The summed E-state index contributed by atoms with van der Waals surface area (Å²) in [6.45, 7) is 5.93. The summed E-state index contributed by atoms with van der Waals surface area (Å²) in [4.78, 5) is 31.3. The molecule has 0 saturated heterocycles. The summed E-state index contributed by atoms with van der Waals surface area (Å²) < 4.78 is 0. The molecular formula is C20H29N3O2S. The van der Waals surface area contributed by atoms with Gasteiger partial charge in [-0.2, -0.15) is 0 Å². The van der Waals surface area contributed by atoms with E-state index in [2.05, 4.69) is 15.6 Å². The van der Waals surface area contributed by atoms with Gasteiger partial charge in [-0.1, -0.05) is 13.8 Å². The van der Waals surface area contributed by atoms with Gasteiger partial charge < -0.3 is 10.6 Å². The largest absolute Gasteiger partial charge is 0.344 e. The van der Waals surface area contributed by atoms with Gasteiger partial charge in [-0.15, -0.1) is 11.3 Å². The lowest BCUT2D eigenvalue weighted by Crippen LogP contribution is -2.57. The topological polar surface area (TPSA) is 71.1 Å². The van der Waals surface area contributed by atoms with Crippen LogP contribution in [0, 0.1) is 36.0 Å². The molecular weight excluding hydrogens is 346 g/mol. The molecule has 0 radical (unpaired) electrons. The highest BCUT2D eigenvalue weighted by Gasteiger charge is 2.55. The van der Waals surface area contributed by atoms with Crippen molar-refractivity contribution in [1.82, 2.24) is 10.3 Å². The van der Waals surface area contributed by atoms with Gasteiger partial charge in [-0.25, -0.2) is 4.98 Å². The van der Waals surface area contributed by atoms with Crippen LogP contribution in [0.5, 0.6) is 0 Å². The molecule has 1 unspecified atom stereocenters. The van der Waals surface area contributed by atoms with Gasteiger partial charge >= 0.3 is 0 Å². The number of rotatable bonds is 5. The SMILES string of the molecule is Cc1cnc(NC(=O)C(NC(=O)C23CC4CC(CC(C4)C2)C3)C(C)C)s1. The zero-order chi connectivity index (χ0) is 18.5. The number of nitrogens with one attached hydrogen (secondary N) is 2. The molecule has 0 aromatic carbocycles. The van der Waals surface area contributed by atoms with E-state index in [1.807, 2.05) is 20.8 Å². The molecule has 142 valence electrons. The minimum Gasteiger partial charge on any atom is -0.344 e. The van der Waals surface area contributed by atoms with Crippen LogP contribution in [0.1, 0.15) is 57.2 Å². The molecule has 4 aliphatic rings. The Kier molecular flexibility index (Phi) is 4.58. The van der Waals surface area contributed by atoms with Crippen LogP contribution in [-0.2, 0) is 9.59 Å². The average Bonchev–Trinajstić information content (AvgIpc) is 2.95. The van der Waals surface area contributed by atoms with Crippen molar-refractivity contribution in [2.75, 3.05) is 5.32 Å². The van der Waals surface area contributed by atoms with Gasteiger partial charge in [0.2, 0.25) is 11.8 Å². The molecule has 2 N–H and O–H groups in total. The Labute approximate surface area is 159 Å². The smallest absolute Gasteiger partial charge is 0.248 e. The summed E-state index contributed by atoms with van der Waals surface area (Å²) in [5, 5.41) is 6.60. The van der Waals surface area contributed by atoms with E-state index in [0.29, 0.717) is 5.13 Å². The molecule has 1 aromatic heterocycles. The van der Waals surface area contributed by atoms with Crippen LogP contribution < -0.4 is 10.6 Å². The van der Waals surface area contributed by atoms with E-state index in [1.165, 1.54) is 30.6 Å². The third-order valence-corrected chi connectivity index (χ3v) is 7.44. The van der Waals surface area contributed by atoms with Gasteiger partial charge in [0.15, 0.2) is 5.13 Å². The second kappa shape index (κ2) is 6.63. The number of thiazole rings is 1. The lowest BCUT2D eigenvalue weighted by molar-refractivity contribution is -0.148. The van der Waals surface area contributed by atoms with E-state index in [-0.39, 0.29) is 23.1 Å². The van der Waals surface area contributed by atoms with Crippen molar-refractivity contribution >= 4 is 28.3 Å². The highest BCUT2D eigenvalue weighted by atomic mass is 32.1. The minimum absolute atomic E-state index is 0.0360. The summed E-state index contributed by atoms with van der Waals surface area (Å²) in [5.41, 5.74) is -0.222. The lowest BCUT2D eigenvalue weighted by Gasteiger charge is -2.55.